The molecule has 1 aromatic heterocycles. The number of benzene rings is 2. The smallest absolute Gasteiger partial charge is 0.437 e. The van der Waals surface area contributed by atoms with Crippen molar-refractivity contribution in [2.24, 2.45) is 4.36 Å². The van der Waals surface area contributed by atoms with Crippen molar-refractivity contribution in [2.45, 2.75) is 5.75 Å². The fourth-order valence-electron chi connectivity index (χ4n) is 2.84. The molecule has 2 aromatic carbocycles. The number of thiol groups is 1. The van der Waals surface area contributed by atoms with E-state index in [2.05, 4.69) is 24.6 Å². The van der Waals surface area contributed by atoms with Crippen molar-refractivity contribution in [3.05, 3.63) is 59.9 Å². The number of methoxy groups -OCH3 is 1. The molecule has 3 N–H and O–H groups in total. The van der Waals surface area contributed by atoms with Crippen LogP contribution in [0, 0.1) is 11.6 Å². The van der Waals surface area contributed by atoms with Crippen molar-refractivity contribution in [2.75, 3.05) is 18.7 Å². The molecule has 0 saturated heterocycles. The van der Waals surface area contributed by atoms with Crippen LogP contribution in [0.5, 0.6) is 5.75 Å². The van der Waals surface area contributed by atoms with Gasteiger partial charge in [0.25, 0.3) is 0 Å². The highest BCUT2D eigenvalue weighted by Crippen LogP contribution is 2.28. The predicted octanol–water partition coefficient (Wildman–Crippen LogP) is 3.92. The number of anilines is 2. The molecule has 9 nitrogen and oxygen atoms in total. The molecule has 0 bridgehead atoms. The van der Waals surface area contributed by atoms with Gasteiger partial charge in [-0.2, -0.15) is 9.35 Å². The molecule has 0 saturated carbocycles. The summed E-state index contributed by atoms with van der Waals surface area (Å²) in [4.78, 5) is 23.1. The lowest BCUT2D eigenvalue weighted by Crippen LogP contribution is -2.13. The Morgan fingerprint density at radius 3 is 2.68 bits per heavy atom. The van der Waals surface area contributed by atoms with Crippen LogP contribution in [0.2, 0.25) is 0 Å². The van der Waals surface area contributed by atoms with E-state index in [1.54, 1.807) is 0 Å². The zero-order chi connectivity index (χ0) is 22.6. The second-order valence-corrected chi connectivity index (χ2v) is 9.27. The molecule has 0 radical (unpaired) electrons. The standard InChI is InChI=1S/C19H19F2N5O4S/c1-30-16-8-12(20)3-4-15(16)17-22-10-23-18(25-17)24-14-6-11(5-13(21)7-14)9-31(2,29)26-19(27)28/h3-8,10,31H,9H2,1-2H3,(H,26,29)(H,27,28)(H,22,23,24,25). The Morgan fingerprint density at radius 1 is 1.19 bits per heavy atom. The van der Waals surface area contributed by atoms with Crippen LogP contribution in [0.25, 0.3) is 11.4 Å². The van der Waals surface area contributed by atoms with Gasteiger partial charge in [-0.05, 0) is 42.2 Å². The Kier molecular flexibility index (Phi) is 6.51. The highest BCUT2D eigenvalue weighted by molar-refractivity contribution is 7.98. The zero-order valence-electron chi connectivity index (χ0n) is 16.5. The van der Waals surface area contributed by atoms with Gasteiger partial charge in [0, 0.05) is 17.5 Å². The van der Waals surface area contributed by atoms with Gasteiger partial charge in [-0.1, -0.05) is 10.1 Å². The van der Waals surface area contributed by atoms with Crippen LogP contribution in [-0.4, -0.2) is 44.1 Å². The third kappa shape index (κ3) is 5.99. The first-order valence-corrected chi connectivity index (χ1v) is 11.1. The summed E-state index contributed by atoms with van der Waals surface area (Å²) in [6.45, 7) is 0. The molecule has 3 rings (SSSR count). The maximum Gasteiger partial charge on any atom is 0.437 e. The lowest BCUT2D eigenvalue weighted by Gasteiger charge is -2.17. The molecule has 0 aliphatic carbocycles. The Bertz CT molecular complexity index is 1190. The van der Waals surface area contributed by atoms with Crippen LogP contribution in [-0.2, 0) is 15.9 Å². The summed E-state index contributed by atoms with van der Waals surface area (Å²) in [6, 6.07) is 7.79. The van der Waals surface area contributed by atoms with E-state index in [-0.39, 0.29) is 29.0 Å². The summed E-state index contributed by atoms with van der Waals surface area (Å²) >= 11 is 0. The predicted molar refractivity (Wildman–Crippen MR) is 113 cm³/mol. The number of hydrogen-bond acceptors (Lipinski definition) is 6. The summed E-state index contributed by atoms with van der Waals surface area (Å²) in [5.74, 6) is -0.678. The largest absolute Gasteiger partial charge is 0.496 e. The van der Waals surface area contributed by atoms with Gasteiger partial charge < -0.3 is 19.7 Å². The molecule has 31 heavy (non-hydrogen) atoms. The molecule has 0 aliphatic rings. The Morgan fingerprint density at radius 2 is 1.97 bits per heavy atom. The first kappa shape index (κ1) is 22.2. The minimum Gasteiger partial charge on any atom is -0.496 e. The third-order valence-electron chi connectivity index (χ3n) is 3.97. The molecule has 0 spiro atoms. The molecule has 0 aliphatic heterocycles. The topological polar surface area (TPSA) is 130 Å². The number of hydrogen-bond donors (Lipinski definition) is 4. The molecule has 0 fully saturated rings. The van der Waals surface area contributed by atoms with E-state index in [1.807, 2.05) is 0 Å². The normalized spacial score (nSPS) is 11.6. The Balaban J connectivity index is 1.89. The molecule has 0 atom stereocenters. The number of halogens is 2. The Labute approximate surface area is 177 Å². The first-order chi connectivity index (χ1) is 14.6. The summed E-state index contributed by atoms with van der Waals surface area (Å²) in [5, 5.41) is 11.6. The molecule has 3 aromatic rings. The second-order valence-electron chi connectivity index (χ2n) is 6.58. The van der Waals surface area contributed by atoms with Crippen molar-refractivity contribution in [3.8, 4) is 17.1 Å². The lowest BCUT2D eigenvalue weighted by atomic mass is 10.2. The molecule has 12 heteroatoms. The van der Waals surface area contributed by atoms with E-state index < -0.39 is 27.8 Å². The van der Waals surface area contributed by atoms with Crippen LogP contribution in [0.15, 0.2) is 47.1 Å². The number of nitrogens with one attached hydrogen (secondary N) is 1. The Hall–Kier alpha value is -3.51. The minimum absolute atomic E-state index is 0.0877. The highest BCUT2D eigenvalue weighted by atomic mass is 32.3. The quantitative estimate of drug-likeness (QED) is 0.415. The van der Waals surface area contributed by atoms with Gasteiger partial charge in [-0.25, -0.2) is 23.5 Å². The number of carbonyl (C=O) groups is 1. The molecular formula is C19H19F2N5O4S. The van der Waals surface area contributed by atoms with E-state index in [4.69, 9.17) is 9.84 Å². The molecular weight excluding hydrogens is 432 g/mol. The van der Waals surface area contributed by atoms with E-state index in [9.17, 15) is 18.1 Å². The van der Waals surface area contributed by atoms with Crippen LogP contribution >= 0.6 is 0 Å². The number of carboxylic acid groups (broad SMARTS) is 1. The van der Waals surface area contributed by atoms with E-state index in [0.29, 0.717) is 11.1 Å². The van der Waals surface area contributed by atoms with Gasteiger partial charge in [0.2, 0.25) is 5.95 Å². The SMILES string of the molecule is COc1cc(F)ccc1-c1ncnc(Nc2cc(F)cc(C[SH](C)(O)=NC(=O)O)c2)n1. The minimum atomic E-state index is -3.16. The van der Waals surface area contributed by atoms with Crippen LogP contribution < -0.4 is 10.1 Å². The fourth-order valence-corrected chi connectivity index (χ4v) is 4.16. The van der Waals surface area contributed by atoms with Crippen LogP contribution in [0.4, 0.5) is 25.2 Å². The number of aromatic nitrogens is 3. The first-order valence-electron chi connectivity index (χ1n) is 8.79. The molecule has 164 valence electrons. The van der Waals surface area contributed by atoms with Gasteiger partial charge in [-0.3, -0.25) is 0 Å². The van der Waals surface area contributed by atoms with Gasteiger partial charge in [-0.15, -0.1) is 0 Å². The summed E-state index contributed by atoms with van der Waals surface area (Å²) in [5.41, 5.74) is 1.05. The average molecular weight is 451 g/mol. The van der Waals surface area contributed by atoms with Gasteiger partial charge in [0.15, 0.2) is 5.82 Å². The van der Waals surface area contributed by atoms with Crippen LogP contribution in [0.3, 0.4) is 0 Å². The fraction of sp³-hybridized carbons (Fsp3) is 0.158. The molecule has 1 heterocycles. The average Bonchev–Trinajstić information content (AvgIpc) is 2.66. The highest BCUT2D eigenvalue weighted by Gasteiger charge is 2.13. The number of amides is 1. The van der Waals surface area contributed by atoms with Gasteiger partial charge in [0.05, 0.1) is 12.7 Å². The number of ether oxygens (including phenoxy) is 1. The summed E-state index contributed by atoms with van der Waals surface area (Å²) in [6.07, 6.45) is 1.06. The van der Waals surface area contributed by atoms with Crippen molar-refractivity contribution < 1.29 is 28.0 Å². The third-order valence-corrected chi connectivity index (χ3v) is 5.54. The second kappa shape index (κ2) is 9.10. The van der Waals surface area contributed by atoms with Crippen molar-refractivity contribution in [1.82, 2.24) is 15.0 Å². The number of rotatable bonds is 6. The van der Waals surface area contributed by atoms with Crippen molar-refractivity contribution in [3.63, 3.8) is 0 Å². The van der Waals surface area contributed by atoms with E-state index in [1.165, 1.54) is 56.1 Å². The summed E-state index contributed by atoms with van der Waals surface area (Å²) < 4.78 is 46.2. The van der Waals surface area contributed by atoms with Crippen molar-refractivity contribution >= 4 is 27.8 Å². The maximum atomic E-state index is 14.1. The monoisotopic (exact) mass is 451 g/mol. The summed E-state index contributed by atoms with van der Waals surface area (Å²) in [7, 11) is -1.77. The molecule has 1 amide bonds. The van der Waals surface area contributed by atoms with Gasteiger partial charge in [0.1, 0.15) is 23.7 Å². The zero-order valence-corrected chi connectivity index (χ0v) is 17.3. The van der Waals surface area contributed by atoms with Crippen LogP contribution in [0.1, 0.15) is 5.56 Å². The van der Waals surface area contributed by atoms with Gasteiger partial charge >= 0.3 is 6.09 Å². The molecule has 0 unspecified atom stereocenters. The maximum absolute atomic E-state index is 14.1. The van der Waals surface area contributed by atoms with E-state index >= 15 is 0 Å². The lowest BCUT2D eigenvalue weighted by molar-refractivity contribution is 0.206. The number of nitrogens with zero attached hydrogens (tertiary/aromatic N) is 4. The van der Waals surface area contributed by atoms with Crippen molar-refractivity contribution in [1.29, 1.82) is 0 Å². The van der Waals surface area contributed by atoms with E-state index in [0.717, 1.165) is 0 Å².